The number of aromatic nitrogens is 1. The lowest BCUT2D eigenvalue weighted by molar-refractivity contribution is 0.629. The van der Waals surface area contributed by atoms with Crippen molar-refractivity contribution in [3.8, 4) is 0 Å². The topological polar surface area (TPSA) is 24.9 Å². The van der Waals surface area contributed by atoms with Crippen LogP contribution in [-0.4, -0.2) is 11.5 Å². The van der Waals surface area contributed by atoms with Crippen LogP contribution < -0.4 is 5.32 Å². The molecular formula is C15H18BrFN2. The zero-order valence-electron chi connectivity index (χ0n) is 11.3. The highest BCUT2D eigenvalue weighted by molar-refractivity contribution is 9.10. The number of pyridine rings is 1. The number of benzene rings is 1. The third-order valence-corrected chi connectivity index (χ3v) is 3.58. The molecule has 1 aromatic carbocycles. The molecule has 0 aliphatic heterocycles. The molecule has 0 bridgehead atoms. The Morgan fingerprint density at radius 2 is 2.00 bits per heavy atom. The quantitative estimate of drug-likeness (QED) is 0.845. The Morgan fingerprint density at radius 3 is 2.68 bits per heavy atom. The lowest BCUT2D eigenvalue weighted by Gasteiger charge is -2.12. The van der Waals surface area contributed by atoms with E-state index < -0.39 is 0 Å². The van der Waals surface area contributed by atoms with Gasteiger partial charge in [-0.2, -0.15) is 0 Å². The molecular weight excluding hydrogens is 307 g/mol. The molecule has 1 aromatic heterocycles. The molecule has 2 nitrogen and oxygen atoms in total. The van der Waals surface area contributed by atoms with Gasteiger partial charge in [-0.3, -0.25) is 0 Å². The predicted octanol–water partition coefficient (Wildman–Crippen LogP) is 4.91. The molecule has 0 atom stereocenters. The van der Waals surface area contributed by atoms with Gasteiger partial charge in [-0.05, 0) is 52.5 Å². The zero-order valence-corrected chi connectivity index (χ0v) is 12.8. The van der Waals surface area contributed by atoms with Crippen molar-refractivity contribution < 1.29 is 4.39 Å². The van der Waals surface area contributed by atoms with Crippen molar-refractivity contribution in [3.63, 3.8) is 0 Å². The van der Waals surface area contributed by atoms with Gasteiger partial charge in [-0.1, -0.05) is 20.3 Å². The molecule has 0 saturated carbocycles. The highest BCUT2D eigenvalue weighted by atomic mass is 79.9. The maximum absolute atomic E-state index is 13.4. The molecule has 4 heteroatoms. The largest absolute Gasteiger partial charge is 0.370 e. The highest BCUT2D eigenvalue weighted by Gasteiger charge is 2.09. The van der Waals surface area contributed by atoms with E-state index in [1.165, 1.54) is 12.1 Å². The maximum Gasteiger partial charge on any atom is 0.129 e. The van der Waals surface area contributed by atoms with E-state index in [-0.39, 0.29) is 5.82 Å². The highest BCUT2D eigenvalue weighted by Crippen LogP contribution is 2.28. The minimum Gasteiger partial charge on any atom is -0.370 e. The lowest BCUT2D eigenvalue weighted by atomic mass is 10.1. The number of anilines is 1. The average molecular weight is 325 g/mol. The third-order valence-electron chi connectivity index (χ3n) is 2.98. The number of hydrogen-bond donors (Lipinski definition) is 1. The molecule has 102 valence electrons. The average Bonchev–Trinajstić information content (AvgIpc) is 2.37. The van der Waals surface area contributed by atoms with Crippen molar-refractivity contribution in [2.75, 3.05) is 11.9 Å². The van der Waals surface area contributed by atoms with Crippen LogP contribution in [0.4, 0.5) is 10.2 Å². The molecule has 1 N–H and O–H groups in total. The summed E-state index contributed by atoms with van der Waals surface area (Å²) in [7, 11) is 0. The summed E-state index contributed by atoms with van der Waals surface area (Å²) in [5.41, 5.74) is 1.96. The van der Waals surface area contributed by atoms with E-state index in [0.717, 1.165) is 48.1 Å². The van der Waals surface area contributed by atoms with Crippen molar-refractivity contribution in [2.24, 2.45) is 0 Å². The summed E-state index contributed by atoms with van der Waals surface area (Å²) in [5, 5.41) is 4.20. The first kappa shape index (κ1) is 14.3. The zero-order chi connectivity index (χ0) is 13.8. The molecule has 2 rings (SSSR count). The summed E-state index contributed by atoms with van der Waals surface area (Å²) in [6.07, 6.45) is 3.05. The summed E-state index contributed by atoms with van der Waals surface area (Å²) >= 11 is 3.38. The van der Waals surface area contributed by atoms with Crippen LogP contribution in [0, 0.1) is 5.82 Å². The molecule has 0 amide bonds. The Kier molecular flexibility index (Phi) is 4.75. The predicted molar refractivity (Wildman–Crippen MR) is 82.2 cm³/mol. The van der Waals surface area contributed by atoms with Gasteiger partial charge in [0.1, 0.15) is 11.6 Å². The van der Waals surface area contributed by atoms with E-state index in [1.54, 1.807) is 0 Å². The van der Waals surface area contributed by atoms with Crippen molar-refractivity contribution >= 4 is 32.7 Å². The van der Waals surface area contributed by atoms with Gasteiger partial charge in [-0.15, -0.1) is 0 Å². The Morgan fingerprint density at radius 1 is 1.21 bits per heavy atom. The minimum absolute atomic E-state index is 0.238. The van der Waals surface area contributed by atoms with Crippen molar-refractivity contribution in [1.82, 2.24) is 4.98 Å². The van der Waals surface area contributed by atoms with E-state index in [4.69, 9.17) is 0 Å². The fraction of sp³-hybridized carbons (Fsp3) is 0.400. The van der Waals surface area contributed by atoms with Crippen LogP contribution in [0.25, 0.3) is 10.9 Å². The van der Waals surface area contributed by atoms with Gasteiger partial charge in [0, 0.05) is 16.4 Å². The van der Waals surface area contributed by atoms with E-state index >= 15 is 0 Å². The normalized spacial score (nSPS) is 10.9. The number of nitrogens with one attached hydrogen (secondary N) is 1. The van der Waals surface area contributed by atoms with Crippen molar-refractivity contribution in [2.45, 2.75) is 33.1 Å². The van der Waals surface area contributed by atoms with Crippen LogP contribution in [0.1, 0.15) is 32.3 Å². The number of fused-ring (bicyclic) bond motifs is 1. The number of aryl methyl sites for hydroxylation is 1. The fourth-order valence-corrected chi connectivity index (χ4v) is 2.65. The lowest BCUT2D eigenvalue weighted by Crippen LogP contribution is -2.06. The van der Waals surface area contributed by atoms with Crippen LogP contribution >= 0.6 is 15.9 Å². The number of rotatable bonds is 5. The van der Waals surface area contributed by atoms with Crippen molar-refractivity contribution in [1.29, 1.82) is 0 Å². The Balaban J connectivity index is 2.55. The van der Waals surface area contributed by atoms with E-state index in [0.29, 0.717) is 4.47 Å². The molecule has 1 heterocycles. The van der Waals surface area contributed by atoms with Crippen LogP contribution in [0.3, 0.4) is 0 Å². The summed E-state index contributed by atoms with van der Waals surface area (Å²) in [6.45, 7) is 5.15. The first-order chi connectivity index (χ1) is 9.15. The Bertz CT molecular complexity index is 584. The summed E-state index contributed by atoms with van der Waals surface area (Å²) in [4.78, 5) is 4.65. The molecule has 0 aliphatic carbocycles. The molecule has 0 unspecified atom stereocenters. The van der Waals surface area contributed by atoms with E-state index in [1.807, 2.05) is 6.07 Å². The fourth-order valence-electron chi connectivity index (χ4n) is 2.11. The van der Waals surface area contributed by atoms with Gasteiger partial charge in [0.05, 0.1) is 5.52 Å². The molecule has 0 fully saturated rings. The smallest absolute Gasteiger partial charge is 0.129 e. The van der Waals surface area contributed by atoms with Gasteiger partial charge < -0.3 is 5.32 Å². The van der Waals surface area contributed by atoms with Crippen LogP contribution in [0.15, 0.2) is 22.7 Å². The SMILES string of the molecule is CCCNc1nc2c(Br)cc(F)cc2cc1CCC. The molecule has 0 aliphatic rings. The molecule has 2 aromatic rings. The second-order valence-corrected chi connectivity index (χ2v) is 5.49. The molecule has 0 spiro atoms. The standard InChI is InChI=1S/C15H18BrFN2/c1-3-5-10-7-11-8-12(17)9-13(16)14(11)19-15(10)18-6-4-2/h7-9H,3-6H2,1-2H3,(H,18,19). The summed E-state index contributed by atoms with van der Waals surface area (Å²) in [5.74, 6) is 0.682. The minimum atomic E-state index is -0.238. The first-order valence-electron chi connectivity index (χ1n) is 6.68. The Labute approximate surface area is 121 Å². The van der Waals surface area contributed by atoms with Gasteiger partial charge in [0.2, 0.25) is 0 Å². The van der Waals surface area contributed by atoms with Crippen LogP contribution in [-0.2, 0) is 6.42 Å². The number of halogens is 2. The molecule has 19 heavy (non-hydrogen) atoms. The second kappa shape index (κ2) is 6.33. The molecule has 0 radical (unpaired) electrons. The van der Waals surface area contributed by atoms with Gasteiger partial charge in [-0.25, -0.2) is 9.37 Å². The second-order valence-electron chi connectivity index (χ2n) is 4.63. The maximum atomic E-state index is 13.4. The third kappa shape index (κ3) is 3.24. The van der Waals surface area contributed by atoms with Crippen LogP contribution in [0.5, 0.6) is 0 Å². The molecule has 0 saturated heterocycles. The first-order valence-corrected chi connectivity index (χ1v) is 7.47. The Hall–Kier alpha value is -1.16. The summed E-state index contributed by atoms with van der Waals surface area (Å²) in [6, 6.07) is 5.03. The van der Waals surface area contributed by atoms with E-state index in [2.05, 4.69) is 40.1 Å². The van der Waals surface area contributed by atoms with Gasteiger partial charge in [0.25, 0.3) is 0 Å². The van der Waals surface area contributed by atoms with E-state index in [9.17, 15) is 4.39 Å². The number of hydrogen-bond acceptors (Lipinski definition) is 2. The van der Waals surface area contributed by atoms with Crippen molar-refractivity contribution in [3.05, 3.63) is 34.1 Å². The monoisotopic (exact) mass is 324 g/mol. The van der Waals surface area contributed by atoms with Gasteiger partial charge >= 0.3 is 0 Å². The van der Waals surface area contributed by atoms with Gasteiger partial charge in [0.15, 0.2) is 0 Å². The summed E-state index contributed by atoms with van der Waals surface area (Å²) < 4.78 is 14.1. The number of nitrogens with zero attached hydrogens (tertiary/aromatic N) is 1. The van der Waals surface area contributed by atoms with Crippen LogP contribution in [0.2, 0.25) is 0 Å².